The third-order valence-corrected chi connectivity index (χ3v) is 6.75. The van der Waals surface area contributed by atoms with Crippen molar-refractivity contribution in [3.8, 4) is 5.75 Å². The minimum Gasteiger partial charge on any atom is -0.431 e. The highest BCUT2D eigenvalue weighted by Crippen LogP contribution is 2.37. The molecule has 32 heavy (non-hydrogen) atoms. The van der Waals surface area contributed by atoms with Gasteiger partial charge in [-0.15, -0.1) is 0 Å². The van der Waals surface area contributed by atoms with Gasteiger partial charge in [-0.3, -0.25) is 4.99 Å². The first kappa shape index (κ1) is 22.7. The van der Waals surface area contributed by atoms with Crippen LogP contribution in [0.4, 0.5) is 14.6 Å². The molecular weight excluding hydrogens is 412 g/mol. The first-order valence-electron chi connectivity index (χ1n) is 11.5. The maximum absolute atomic E-state index is 12.7. The van der Waals surface area contributed by atoms with Gasteiger partial charge in [0.2, 0.25) is 0 Å². The molecule has 1 aromatic heterocycles. The Kier molecular flexibility index (Phi) is 7.08. The van der Waals surface area contributed by atoms with Gasteiger partial charge in [0.25, 0.3) is 0 Å². The number of halogens is 2. The summed E-state index contributed by atoms with van der Waals surface area (Å²) in [7, 11) is 0. The second-order valence-corrected chi connectivity index (χ2v) is 9.26. The van der Waals surface area contributed by atoms with Crippen LogP contribution in [0.3, 0.4) is 0 Å². The average Bonchev–Trinajstić information content (AvgIpc) is 3.27. The molecule has 174 valence electrons. The molecule has 4 N–H and O–H groups in total. The number of allylic oxidation sites excluding steroid dienone is 1. The molecule has 2 heterocycles. The summed E-state index contributed by atoms with van der Waals surface area (Å²) in [6.07, 6.45) is 11.3. The summed E-state index contributed by atoms with van der Waals surface area (Å²) in [5.41, 5.74) is 15.1. The van der Waals surface area contributed by atoms with E-state index in [0.717, 1.165) is 31.5 Å². The fraction of sp³-hybridized carbons (Fsp3) is 0.583. The average molecular weight is 446 g/mol. The Morgan fingerprint density at radius 3 is 2.78 bits per heavy atom. The lowest BCUT2D eigenvalue weighted by Crippen LogP contribution is -2.30. The summed E-state index contributed by atoms with van der Waals surface area (Å²) in [4.78, 5) is 11.4. The smallest absolute Gasteiger partial charge is 0.387 e. The van der Waals surface area contributed by atoms with Crippen molar-refractivity contribution in [1.82, 2.24) is 9.88 Å². The Morgan fingerprint density at radius 1 is 1.34 bits per heavy atom. The zero-order chi connectivity index (χ0) is 22.7. The van der Waals surface area contributed by atoms with E-state index in [4.69, 9.17) is 16.5 Å². The zero-order valence-corrected chi connectivity index (χ0v) is 18.5. The number of nitrogens with two attached hydrogens (primary N) is 2. The fourth-order valence-electron chi connectivity index (χ4n) is 4.69. The van der Waals surface area contributed by atoms with E-state index in [1.54, 1.807) is 0 Å². The van der Waals surface area contributed by atoms with Gasteiger partial charge in [0.1, 0.15) is 0 Å². The Hall–Kier alpha value is -2.48. The minimum absolute atomic E-state index is 0.0975. The monoisotopic (exact) mass is 445 g/mol. The SMILES string of the molecule is C=C1C[C@H](N2CCCC2)C[C@@H]1CC(C=C(N)c1cnc(N)c(OC(F)F)c1)=NCC1CC1. The first-order valence-corrected chi connectivity index (χ1v) is 11.5. The summed E-state index contributed by atoms with van der Waals surface area (Å²) in [5, 5.41) is 0. The van der Waals surface area contributed by atoms with Crippen LogP contribution in [0.1, 0.15) is 50.5 Å². The predicted octanol–water partition coefficient (Wildman–Crippen LogP) is 4.24. The molecule has 1 aliphatic heterocycles. The van der Waals surface area contributed by atoms with E-state index in [2.05, 4.69) is 21.2 Å². The molecule has 0 spiro atoms. The van der Waals surface area contributed by atoms with E-state index in [9.17, 15) is 8.78 Å². The van der Waals surface area contributed by atoms with Gasteiger partial charge in [0.15, 0.2) is 11.6 Å². The number of nitrogens with zero attached hydrogens (tertiary/aromatic N) is 3. The quantitative estimate of drug-likeness (QED) is 0.438. The van der Waals surface area contributed by atoms with Gasteiger partial charge < -0.3 is 21.1 Å². The molecule has 0 aromatic carbocycles. The lowest BCUT2D eigenvalue weighted by Gasteiger charge is -2.23. The highest BCUT2D eigenvalue weighted by Gasteiger charge is 2.33. The lowest BCUT2D eigenvalue weighted by molar-refractivity contribution is -0.0495. The van der Waals surface area contributed by atoms with Gasteiger partial charge in [-0.2, -0.15) is 8.78 Å². The van der Waals surface area contributed by atoms with Gasteiger partial charge in [0, 0.05) is 35.8 Å². The predicted molar refractivity (Wildman–Crippen MR) is 124 cm³/mol. The van der Waals surface area contributed by atoms with Crippen molar-refractivity contribution in [2.24, 2.45) is 22.6 Å². The summed E-state index contributed by atoms with van der Waals surface area (Å²) < 4.78 is 29.8. The maximum atomic E-state index is 12.7. The molecule has 1 aromatic rings. The third kappa shape index (κ3) is 5.85. The van der Waals surface area contributed by atoms with Crippen LogP contribution in [-0.2, 0) is 0 Å². The number of ether oxygens (including phenoxy) is 1. The van der Waals surface area contributed by atoms with E-state index in [-0.39, 0.29) is 11.6 Å². The molecule has 3 aliphatic rings. The van der Waals surface area contributed by atoms with Crippen molar-refractivity contribution in [2.75, 3.05) is 25.4 Å². The second-order valence-electron chi connectivity index (χ2n) is 9.26. The van der Waals surface area contributed by atoms with Crippen LogP contribution >= 0.6 is 0 Å². The van der Waals surface area contributed by atoms with Crippen molar-refractivity contribution in [1.29, 1.82) is 0 Å². The highest BCUT2D eigenvalue weighted by molar-refractivity contribution is 6.00. The standard InChI is InChI=1S/C24H33F2N5O/c1-15-8-20(31-6-2-3-7-31)10-17(15)9-19(29-13-16-4-5-16)12-21(27)18-11-22(32-24(25)26)23(28)30-14-18/h11-12,14,16-17,20,24H,1-10,13,27H2,(H2,28,30)/t17-,20-/m0/s1. The molecule has 0 bridgehead atoms. The van der Waals surface area contributed by atoms with Gasteiger partial charge in [-0.1, -0.05) is 12.2 Å². The number of aromatic nitrogens is 1. The number of hydrogen-bond acceptors (Lipinski definition) is 6. The van der Waals surface area contributed by atoms with E-state index in [1.165, 1.54) is 56.6 Å². The minimum atomic E-state index is -2.98. The Morgan fingerprint density at radius 2 is 2.09 bits per heavy atom. The van der Waals surface area contributed by atoms with Gasteiger partial charge in [0.05, 0.1) is 0 Å². The van der Waals surface area contributed by atoms with Crippen molar-refractivity contribution in [2.45, 2.75) is 57.6 Å². The van der Waals surface area contributed by atoms with Crippen LogP contribution in [0, 0.1) is 11.8 Å². The highest BCUT2D eigenvalue weighted by atomic mass is 19.3. The fourth-order valence-corrected chi connectivity index (χ4v) is 4.69. The molecular formula is C24H33F2N5O. The third-order valence-electron chi connectivity index (χ3n) is 6.75. The summed E-state index contributed by atoms with van der Waals surface area (Å²) in [6, 6.07) is 1.98. The van der Waals surface area contributed by atoms with E-state index < -0.39 is 6.61 Å². The molecule has 8 heteroatoms. The van der Waals surface area contributed by atoms with Crippen LogP contribution in [0.25, 0.3) is 5.70 Å². The molecule has 6 nitrogen and oxygen atoms in total. The molecule has 0 amide bonds. The van der Waals surface area contributed by atoms with Crippen LogP contribution in [0.15, 0.2) is 35.5 Å². The largest absolute Gasteiger partial charge is 0.431 e. The number of nitrogen functional groups attached to an aromatic ring is 1. The van der Waals surface area contributed by atoms with Gasteiger partial charge >= 0.3 is 6.61 Å². The zero-order valence-electron chi connectivity index (χ0n) is 18.5. The van der Waals surface area contributed by atoms with E-state index in [0.29, 0.717) is 29.1 Å². The van der Waals surface area contributed by atoms with Crippen molar-refractivity contribution < 1.29 is 13.5 Å². The molecule has 2 saturated carbocycles. The number of likely N-dealkylation sites (tertiary alicyclic amines) is 1. The van der Waals surface area contributed by atoms with Crippen LogP contribution < -0.4 is 16.2 Å². The number of alkyl halides is 2. The van der Waals surface area contributed by atoms with E-state index in [1.807, 2.05) is 6.08 Å². The Balaban J connectivity index is 1.49. The summed E-state index contributed by atoms with van der Waals surface area (Å²) in [6.45, 7) is 4.55. The van der Waals surface area contributed by atoms with Crippen molar-refractivity contribution in [3.05, 3.63) is 36.1 Å². The normalized spacial score (nSPS) is 25.2. The van der Waals surface area contributed by atoms with Crippen molar-refractivity contribution >= 4 is 17.2 Å². The maximum Gasteiger partial charge on any atom is 0.387 e. The first-order chi connectivity index (χ1) is 15.4. The second kappa shape index (κ2) is 9.98. The topological polar surface area (TPSA) is 89.8 Å². The number of aliphatic imine (C=N–C) groups is 1. The number of rotatable bonds is 9. The molecule has 3 fully saturated rings. The number of anilines is 1. The van der Waals surface area contributed by atoms with Crippen LogP contribution in [-0.4, -0.2) is 47.9 Å². The van der Waals surface area contributed by atoms with Crippen LogP contribution in [0.5, 0.6) is 5.75 Å². The summed E-state index contributed by atoms with van der Waals surface area (Å²) in [5.74, 6) is 0.764. The van der Waals surface area contributed by atoms with E-state index >= 15 is 0 Å². The molecule has 0 radical (unpaired) electrons. The van der Waals surface area contributed by atoms with Gasteiger partial charge in [-0.05, 0) is 82.0 Å². The molecule has 0 unspecified atom stereocenters. The lowest BCUT2D eigenvalue weighted by atomic mass is 9.96. The Labute approximate surface area is 188 Å². The molecule has 2 atom stereocenters. The summed E-state index contributed by atoms with van der Waals surface area (Å²) >= 11 is 0. The van der Waals surface area contributed by atoms with Gasteiger partial charge in [-0.25, -0.2) is 4.98 Å². The number of pyridine rings is 1. The van der Waals surface area contributed by atoms with Crippen LogP contribution in [0.2, 0.25) is 0 Å². The Bertz CT molecular complexity index is 890. The molecule has 2 aliphatic carbocycles. The molecule has 4 rings (SSSR count). The molecule has 1 saturated heterocycles. The number of hydrogen-bond donors (Lipinski definition) is 2. The van der Waals surface area contributed by atoms with Crippen molar-refractivity contribution in [3.63, 3.8) is 0 Å².